The van der Waals surface area contributed by atoms with Crippen LogP contribution in [0.5, 0.6) is 0 Å². The van der Waals surface area contributed by atoms with E-state index in [-0.39, 0.29) is 0 Å². The van der Waals surface area contributed by atoms with Gasteiger partial charge in [0.15, 0.2) is 0 Å². The van der Waals surface area contributed by atoms with Crippen molar-refractivity contribution < 1.29 is 9.90 Å². The number of hydrogen-bond acceptors (Lipinski definition) is 3. The van der Waals surface area contributed by atoms with Crippen LogP contribution in [0, 0.1) is 0 Å². The van der Waals surface area contributed by atoms with Gasteiger partial charge < -0.3 is 9.67 Å². The van der Waals surface area contributed by atoms with Gasteiger partial charge in [0.2, 0.25) is 0 Å². The van der Waals surface area contributed by atoms with Crippen LogP contribution in [0.4, 0.5) is 0 Å². The van der Waals surface area contributed by atoms with Gasteiger partial charge in [-0.3, -0.25) is 0 Å². The number of hydrogen-bond donors (Lipinski definition) is 1. The van der Waals surface area contributed by atoms with E-state index >= 15 is 0 Å². The van der Waals surface area contributed by atoms with Gasteiger partial charge in [-0.15, -0.1) is 10.2 Å². The lowest BCUT2D eigenvalue weighted by Crippen LogP contribution is -2.36. The number of aryl methyl sites for hydroxylation is 1. The van der Waals surface area contributed by atoms with Crippen molar-refractivity contribution in [2.45, 2.75) is 45.6 Å². The summed E-state index contributed by atoms with van der Waals surface area (Å²) in [6.07, 6.45) is 4.31. The smallest absolute Gasteiger partial charge is 0.329 e. The molecule has 0 saturated carbocycles. The lowest BCUT2D eigenvalue weighted by Gasteiger charge is -2.22. The number of carbonyl (C=O) groups is 1. The highest BCUT2D eigenvalue weighted by Gasteiger charge is 2.31. The Kier molecular flexibility index (Phi) is 3.44. The molecule has 0 saturated heterocycles. The number of nitrogens with zero attached hydrogens (tertiary/aromatic N) is 3. The quantitative estimate of drug-likeness (QED) is 0.800. The highest BCUT2D eigenvalue weighted by molar-refractivity contribution is 5.75. The van der Waals surface area contributed by atoms with E-state index in [4.69, 9.17) is 5.11 Å². The average Bonchev–Trinajstić information content (AvgIpc) is 2.62. The highest BCUT2D eigenvalue weighted by atomic mass is 16.4. The fourth-order valence-electron chi connectivity index (χ4n) is 1.33. The molecule has 1 aromatic rings. The molecule has 1 aromatic heterocycles. The number of aliphatic carboxylic acids is 1. The Morgan fingerprint density at radius 2 is 2.27 bits per heavy atom. The molecule has 0 fully saturated rings. The Morgan fingerprint density at radius 3 is 2.80 bits per heavy atom. The summed E-state index contributed by atoms with van der Waals surface area (Å²) in [6, 6.07) is 0. The van der Waals surface area contributed by atoms with Crippen molar-refractivity contribution in [1.82, 2.24) is 14.8 Å². The normalized spacial score (nSPS) is 11.7. The molecule has 0 atom stereocenters. The molecule has 84 valence electrons. The van der Waals surface area contributed by atoms with E-state index in [1.54, 1.807) is 18.4 Å². The molecule has 0 amide bonds. The zero-order chi connectivity index (χ0) is 11.5. The van der Waals surface area contributed by atoms with Crippen molar-refractivity contribution in [2.75, 3.05) is 0 Å². The minimum atomic E-state index is -0.980. The molecule has 0 aliphatic carbocycles. The van der Waals surface area contributed by atoms with Crippen molar-refractivity contribution in [3.05, 3.63) is 12.2 Å². The molecule has 0 unspecified atom stereocenters. The van der Waals surface area contributed by atoms with Crippen molar-refractivity contribution in [1.29, 1.82) is 0 Å². The lowest BCUT2D eigenvalue weighted by molar-refractivity contribution is -0.145. The summed E-state index contributed by atoms with van der Waals surface area (Å²) in [5.41, 5.74) is -0.980. The summed E-state index contributed by atoms with van der Waals surface area (Å²) in [5.74, 6) is -0.135. The summed E-state index contributed by atoms with van der Waals surface area (Å²) in [6.45, 7) is 5.38. The maximum atomic E-state index is 11.1. The summed E-state index contributed by atoms with van der Waals surface area (Å²) in [7, 11) is 0. The monoisotopic (exact) mass is 211 g/mol. The van der Waals surface area contributed by atoms with Crippen molar-refractivity contribution in [3.63, 3.8) is 0 Å². The maximum Gasteiger partial charge on any atom is 0.329 e. The van der Waals surface area contributed by atoms with Gasteiger partial charge >= 0.3 is 5.97 Å². The van der Waals surface area contributed by atoms with Crippen LogP contribution >= 0.6 is 0 Å². The van der Waals surface area contributed by atoms with Crippen LogP contribution < -0.4 is 0 Å². The fraction of sp³-hybridized carbons (Fsp3) is 0.700. The molecule has 0 radical (unpaired) electrons. The molecule has 0 bridgehead atoms. The predicted octanol–water partition coefficient (Wildman–Crippen LogP) is 1.44. The van der Waals surface area contributed by atoms with Gasteiger partial charge in [0.05, 0.1) is 0 Å². The van der Waals surface area contributed by atoms with E-state index < -0.39 is 11.5 Å². The summed E-state index contributed by atoms with van der Waals surface area (Å²) >= 11 is 0. The number of rotatable bonds is 5. The first-order valence-electron chi connectivity index (χ1n) is 5.13. The van der Waals surface area contributed by atoms with Crippen LogP contribution in [0.2, 0.25) is 0 Å². The van der Waals surface area contributed by atoms with Gasteiger partial charge in [0.1, 0.15) is 17.7 Å². The molecule has 0 aliphatic rings. The van der Waals surface area contributed by atoms with E-state index in [0.717, 1.165) is 25.1 Å². The zero-order valence-electron chi connectivity index (χ0n) is 9.40. The number of aromatic nitrogens is 3. The van der Waals surface area contributed by atoms with Crippen molar-refractivity contribution >= 4 is 5.97 Å². The number of unbranched alkanes of at least 4 members (excludes halogenated alkanes) is 1. The van der Waals surface area contributed by atoms with Gasteiger partial charge in [-0.05, 0) is 20.3 Å². The van der Waals surface area contributed by atoms with Crippen LogP contribution in [0.25, 0.3) is 0 Å². The first-order chi connectivity index (χ1) is 7.00. The van der Waals surface area contributed by atoms with Crippen LogP contribution in [-0.2, 0) is 16.8 Å². The molecule has 1 heterocycles. The van der Waals surface area contributed by atoms with E-state index in [2.05, 4.69) is 17.1 Å². The van der Waals surface area contributed by atoms with E-state index in [9.17, 15) is 4.79 Å². The SMILES string of the molecule is CCCCc1nncn1C(C)(C)C(=O)O. The maximum absolute atomic E-state index is 11.1. The zero-order valence-corrected chi connectivity index (χ0v) is 9.40. The third-order valence-corrected chi connectivity index (χ3v) is 2.50. The second kappa shape index (κ2) is 4.42. The largest absolute Gasteiger partial charge is 0.480 e. The van der Waals surface area contributed by atoms with Gasteiger partial charge in [-0.25, -0.2) is 4.79 Å². The Morgan fingerprint density at radius 1 is 1.60 bits per heavy atom. The molecule has 0 spiro atoms. The van der Waals surface area contributed by atoms with Gasteiger partial charge in [-0.1, -0.05) is 13.3 Å². The molecule has 5 heteroatoms. The Labute approximate surface area is 89.1 Å². The van der Waals surface area contributed by atoms with Crippen LogP contribution in [0.1, 0.15) is 39.4 Å². The molecule has 5 nitrogen and oxygen atoms in total. The summed E-state index contributed by atoms with van der Waals surface area (Å²) in [4.78, 5) is 11.1. The Hall–Kier alpha value is -1.39. The van der Waals surface area contributed by atoms with Gasteiger partial charge in [-0.2, -0.15) is 0 Å². The third kappa shape index (κ3) is 2.34. The van der Waals surface area contributed by atoms with Crippen molar-refractivity contribution in [2.24, 2.45) is 0 Å². The standard InChI is InChI=1S/C10H17N3O2/c1-4-5-6-8-12-11-7-13(8)10(2,3)9(14)15/h7H,4-6H2,1-3H3,(H,14,15). The molecule has 15 heavy (non-hydrogen) atoms. The second-order valence-corrected chi connectivity index (χ2v) is 4.08. The molecular weight excluding hydrogens is 194 g/mol. The Balaban J connectivity index is 2.94. The fourth-order valence-corrected chi connectivity index (χ4v) is 1.33. The van der Waals surface area contributed by atoms with Crippen LogP contribution in [0.15, 0.2) is 6.33 Å². The number of carboxylic acids is 1. The Bertz CT molecular complexity index is 344. The second-order valence-electron chi connectivity index (χ2n) is 4.08. The van der Waals surface area contributed by atoms with E-state index in [1.165, 1.54) is 6.33 Å². The predicted molar refractivity (Wildman–Crippen MR) is 55.6 cm³/mol. The van der Waals surface area contributed by atoms with Gasteiger partial charge in [0, 0.05) is 6.42 Å². The minimum absolute atomic E-state index is 0.740. The third-order valence-electron chi connectivity index (χ3n) is 2.50. The summed E-state index contributed by atoms with van der Waals surface area (Å²) < 4.78 is 1.63. The minimum Gasteiger partial charge on any atom is -0.480 e. The lowest BCUT2D eigenvalue weighted by atomic mass is 10.1. The molecule has 1 rings (SSSR count). The van der Waals surface area contributed by atoms with E-state index in [1.807, 2.05) is 0 Å². The van der Waals surface area contributed by atoms with Crippen LogP contribution in [-0.4, -0.2) is 25.8 Å². The molecule has 0 aromatic carbocycles. The number of carboxylic acid groups (broad SMARTS) is 1. The molecular formula is C10H17N3O2. The topological polar surface area (TPSA) is 68.0 Å². The van der Waals surface area contributed by atoms with Crippen molar-refractivity contribution in [3.8, 4) is 0 Å². The first kappa shape index (κ1) is 11.7. The molecule has 0 aliphatic heterocycles. The highest BCUT2D eigenvalue weighted by Crippen LogP contribution is 2.17. The average molecular weight is 211 g/mol. The van der Waals surface area contributed by atoms with E-state index in [0.29, 0.717) is 0 Å². The first-order valence-corrected chi connectivity index (χ1v) is 5.13. The van der Waals surface area contributed by atoms with Crippen LogP contribution in [0.3, 0.4) is 0 Å². The summed E-state index contributed by atoms with van der Waals surface area (Å²) in [5, 5.41) is 16.8. The van der Waals surface area contributed by atoms with Gasteiger partial charge in [0.25, 0.3) is 0 Å². The molecule has 1 N–H and O–H groups in total.